The highest BCUT2D eigenvalue weighted by Gasteiger charge is 2.12. The van der Waals surface area contributed by atoms with E-state index in [1.165, 1.54) is 0 Å². The molecule has 0 bridgehead atoms. The minimum Gasteiger partial charge on any atom is -0.378 e. The van der Waals surface area contributed by atoms with Crippen molar-refractivity contribution in [2.24, 2.45) is 5.10 Å². The molecular formula is C19H18ClN5O. The summed E-state index contributed by atoms with van der Waals surface area (Å²) in [5.41, 5.74) is 6.12. The molecule has 0 fully saturated rings. The molecule has 1 heterocycles. The Balaban J connectivity index is 1.64. The quantitative estimate of drug-likeness (QED) is 0.535. The van der Waals surface area contributed by atoms with E-state index in [0.29, 0.717) is 16.4 Å². The van der Waals surface area contributed by atoms with Crippen LogP contribution >= 0.6 is 11.6 Å². The van der Waals surface area contributed by atoms with Crippen LogP contribution in [0.2, 0.25) is 5.02 Å². The largest absolute Gasteiger partial charge is 0.378 e. The molecule has 1 aromatic heterocycles. The number of hydrogen-bond donors (Lipinski definition) is 2. The molecule has 0 radical (unpaired) electrons. The van der Waals surface area contributed by atoms with Gasteiger partial charge in [-0.15, -0.1) is 0 Å². The van der Waals surface area contributed by atoms with Crippen LogP contribution in [-0.2, 0) is 0 Å². The Morgan fingerprint density at radius 1 is 1.19 bits per heavy atom. The lowest BCUT2D eigenvalue weighted by Gasteiger charge is -2.11. The molecule has 1 amide bonds. The van der Waals surface area contributed by atoms with Crippen LogP contribution in [0.25, 0.3) is 11.3 Å². The summed E-state index contributed by atoms with van der Waals surface area (Å²) >= 11 is 6.15. The lowest BCUT2D eigenvalue weighted by Crippen LogP contribution is -2.18. The van der Waals surface area contributed by atoms with Crippen LogP contribution in [-0.4, -0.2) is 36.4 Å². The Kier molecular flexibility index (Phi) is 5.34. The van der Waals surface area contributed by atoms with Crippen molar-refractivity contribution >= 4 is 29.4 Å². The molecular weight excluding hydrogens is 350 g/mol. The predicted molar refractivity (Wildman–Crippen MR) is 105 cm³/mol. The summed E-state index contributed by atoms with van der Waals surface area (Å²) in [6.45, 7) is 0. The Hall–Kier alpha value is -3.12. The maximum absolute atomic E-state index is 12.2. The molecule has 6 nitrogen and oxygen atoms in total. The van der Waals surface area contributed by atoms with E-state index in [2.05, 4.69) is 20.7 Å². The molecule has 0 unspecified atom stereocenters. The number of benzene rings is 2. The number of aromatic nitrogens is 2. The summed E-state index contributed by atoms with van der Waals surface area (Å²) in [5, 5.41) is 11.4. The molecule has 0 aliphatic carbocycles. The molecule has 0 aliphatic rings. The zero-order valence-corrected chi connectivity index (χ0v) is 15.2. The number of anilines is 1. The average Bonchev–Trinajstić information content (AvgIpc) is 3.12. The molecule has 7 heteroatoms. The zero-order chi connectivity index (χ0) is 18.5. The number of amides is 1. The van der Waals surface area contributed by atoms with Crippen LogP contribution in [0.4, 0.5) is 5.69 Å². The van der Waals surface area contributed by atoms with E-state index < -0.39 is 0 Å². The van der Waals surface area contributed by atoms with Crippen molar-refractivity contribution in [3.63, 3.8) is 0 Å². The number of aromatic amines is 1. The highest BCUT2D eigenvalue weighted by Crippen LogP contribution is 2.26. The van der Waals surface area contributed by atoms with Gasteiger partial charge in [-0.1, -0.05) is 41.9 Å². The SMILES string of the molecule is CN(C)c1ccc(C=NNC(=O)c2cc(-c3ccccc3Cl)n[nH]2)cc1. The first-order valence-electron chi connectivity index (χ1n) is 7.95. The lowest BCUT2D eigenvalue weighted by atomic mass is 10.1. The van der Waals surface area contributed by atoms with Crippen LogP contribution in [0.1, 0.15) is 16.1 Å². The van der Waals surface area contributed by atoms with E-state index in [-0.39, 0.29) is 5.91 Å². The summed E-state index contributed by atoms with van der Waals surface area (Å²) in [7, 11) is 3.95. The van der Waals surface area contributed by atoms with Gasteiger partial charge in [0.2, 0.25) is 0 Å². The molecule has 3 aromatic rings. The molecule has 3 rings (SSSR count). The van der Waals surface area contributed by atoms with E-state index in [1.807, 2.05) is 61.5 Å². The molecule has 0 spiro atoms. The van der Waals surface area contributed by atoms with E-state index in [9.17, 15) is 4.79 Å². The van der Waals surface area contributed by atoms with Crippen LogP contribution in [0.5, 0.6) is 0 Å². The van der Waals surface area contributed by atoms with Crippen molar-refractivity contribution in [1.29, 1.82) is 0 Å². The third-order valence-corrected chi connectivity index (χ3v) is 4.09. The standard InChI is InChI=1S/C19H18ClN5O/c1-25(2)14-9-7-13(8-10-14)12-21-24-19(26)18-11-17(22-23-18)15-5-3-4-6-16(15)20/h3-12H,1-2H3,(H,22,23)(H,24,26). The predicted octanol–water partition coefficient (Wildman–Crippen LogP) is 3.56. The van der Waals surface area contributed by atoms with Crippen molar-refractivity contribution < 1.29 is 4.79 Å². The van der Waals surface area contributed by atoms with Gasteiger partial charge in [-0.25, -0.2) is 5.43 Å². The van der Waals surface area contributed by atoms with Gasteiger partial charge < -0.3 is 4.90 Å². The van der Waals surface area contributed by atoms with E-state index in [0.717, 1.165) is 16.8 Å². The first kappa shape index (κ1) is 17.7. The van der Waals surface area contributed by atoms with Crippen molar-refractivity contribution in [3.8, 4) is 11.3 Å². The van der Waals surface area contributed by atoms with Gasteiger partial charge in [0.25, 0.3) is 5.91 Å². The fraction of sp³-hybridized carbons (Fsp3) is 0.105. The Morgan fingerprint density at radius 3 is 2.62 bits per heavy atom. The maximum atomic E-state index is 12.2. The number of nitrogens with one attached hydrogen (secondary N) is 2. The fourth-order valence-electron chi connectivity index (χ4n) is 2.33. The number of hydrogen-bond acceptors (Lipinski definition) is 4. The monoisotopic (exact) mass is 367 g/mol. The summed E-state index contributed by atoms with van der Waals surface area (Å²) in [5.74, 6) is -0.378. The first-order valence-corrected chi connectivity index (χ1v) is 8.33. The van der Waals surface area contributed by atoms with Crippen molar-refractivity contribution in [3.05, 3.63) is 70.9 Å². The molecule has 2 N–H and O–H groups in total. The summed E-state index contributed by atoms with van der Waals surface area (Å²) in [4.78, 5) is 14.2. The van der Waals surface area contributed by atoms with Crippen molar-refractivity contribution in [2.75, 3.05) is 19.0 Å². The Labute approximate surface area is 156 Å². The normalized spacial score (nSPS) is 10.9. The van der Waals surface area contributed by atoms with Gasteiger partial charge in [0.15, 0.2) is 0 Å². The fourth-order valence-corrected chi connectivity index (χ4v) is 2.56. The number of H-pyrrole nitrogens is 1. The summed E-state index contributed by atoms with van der Waals surface area (Å²) < 4.78 is 0. The van der Waals surface area contributed by atoms with Gasteiger partial charge in [0.1, 0.15) is 5.69 Å². The van der Waals surface area contributed by atoms with Gasteiger partial charge in [-0.2, -0.15) is 10.2 Å². The molecule has 2 aromatic carbocycles. The third kappa shape index (κ3) is 4.10. The van der Waals surface area contributed by atoms with Gasteiger partial charge in [0, 0.05) is 25.3 Å². The molecule has 26 heavy (non-hydrogen) atoms. The molecule has 0 atom stereocenters. The number of carbonyl (C=O) groups is 1. The first-order chi connectivity index (χ1) is 12.5. The second-order valence-electron chi connectivity index (χ2n) is 5.83. The molecule has 0 saturated carbocycles. The van der Waals surface area contributed by atoms with Crippen LogP contribution in [0.3, 0.4) is 0 Å². The summed E-state index contributed by atoms with van der Waals surface area (Å²) in [6, 6.07) is 16.8. The number of halogens is 1. The van der Waals surface area contributed by atoms with Crippen molar-refractivity contribution in [1.82, 2.24) is 15.6 Å². The smallest absolute Gasteiger partial charge is 0.289 e. The second-order valence-corrected chi connectivity index (χ2v) is 6.24. The highest BCUT2D eigenvalue weighted by atomic mass is 35.5. The van der Waals surface area contributed by atoms with E-state index in [4.69, 9.17) is 11.6 Å². The maximum Gasteiger partial charge on any atom is 0.289 e. The van der Waals surface area contributed by atoms with Crippen LogP contribution in [0.15, 0.2) is 59.7 Å². The van der Waals surface area contributed by atoms with Gasteiger partial charge >= 0.3 is 0 Å². The van der Waals surface area contributed by atoms with E-state index in [1.54, 1.807) is 18.3 Å². The minimum atomic E-state index is -0.378. The van der Waals surface area contributed by atoms with E-state index >= 15 is 0 Å². The number of hydrazone groups is 1. The van der Waals surface area contributed by atoms with Gasteiger partial charge in [-0.3, -0.25) is 9.89 Å². The molecule has 132 valence electrons. The molecule has 0 saturated heterocycles. The van der Waals surface area contributed by atoms with Gasteiger partial charge in [-0.05, 0) is 29.8 Å². The number of carbonyl (C=O) groups excluding carboxylic acids is 1. The Bertz CT molecular complexity index is 931. The number of nitrogens with zero attached hydrogens (tertiary/aromatic N) is 3. The zero-order valence-electron chi connectivity index (χ0n) is 14.4. The second kappa shape index (κ2) is 7.84. The van der Waals surface area contributed by atoms with Crippen molar-refractivity contribution in [2.45, 2.75) is 0 Å². The van der Waals surface area contributed by atoms with Gasteiger partial charge in [0.05, 0.1) is 16.9 Å². The van der Waals surface area contributed by atoms with Crippen LogP contribution in [0, 0.1) is 0 Å². The number of rotatable bonds is 5. The average molecular weight is 368 g/mol. The third-order valence-electron chi connectivity index (χ3n) is 3.76. The lowest BCUT2D eigenvalue weighted by molar-refractivity contribution is 0.0950. The molecule has 0 aliphatic heterocycles. The van der Waals surface area contributed by atoms with Crippen LogP contribution < -0.4 is 10.3 Å². The summed E-state index contributed by atoms with van der Waals surface area (Å²) in [6.07, 6.45) is 1.59. The minimum absolute atomic E-state index is 0.306. The Morgan fingerprint density at radius 2 is 1.92 bits per heavy atom. The highest BCUT2D eigenvalue weighted by molar-refractivity contribution is 6.33. The topological polar surface area (TPSA) is 73.4 Å².